The zero-order valence-electron chi connectivity index (χ0n) is 21.4. The number of carbonyl (C=O) groups excluding carboxylic acids is 1. The number of benzene rings is 3. The highest BCUT2D eigenvalue weighted by Crippen LogP contribution is 2.42. The first kappa shape index (κ1) is 24.6. The number of hydrogen-bond acceptors (Lipinski definition) is 5. The minimum atomic E-state index is -3.89. The fraction of sp³-hybridized carbons (Fsp3) is 0.393. The SMILES string of the molecule is CN1CCC(N(C)C(=O)C2CN(S(=O)(=O)c3cccc4cc(N(C)C)ccc34)c3ccccc32)CC1. The van der Waals surface area contributed by atoms with E-state index in [-0.39, 0.29) is 23.4 Å². The Morgan fingerprint density at radius 1 is 0.944 bits per heavy atom. The lowest BCUT2D eigenvalue weighted by Crippen LogP contribution is -2.46. The molecule has 0 spiro atoms. The maximum Gasteiger partial charge on any atom is 0.264 e. The van der Waals surface area contributed by atoms with E-state index in [1.54, 1.807) is 12.1 Å². The van der Waals surface area contributed by atoms with E-state index < -0.39 is 15.9 Å². The Kier molecular flexibility index (Phi) is 6.43. The molecule has 36 heavy (non-hydrogen) atoms. The van der Waals surface area contributed by atoms with Crippen molar-refractivity contribution in [2.75, 3.05) is 57.0 Å². The van der Waals surface area contributed by atoms with Gasteiger partial charge in [-0.15, -0.1) is 0 Å². The smallest absolute Gasteiger partial charge is 0.264 e. The van der Waals surface area contributed by atoms with Crippen LogP contribution in [0.2, 0.25) is 0 Å². The molecular weight excluding hydrogens is 472 g/mol. The van der Waals surface area contributed by atoms with E-state index in [4.69, 9.17) is 0 Å². The summed E-state index contributed by atoms with van der Waals surface area (Å²) < 4.78 is 29.6. The fourth-order valence-electron chi connectivity index (χ4n) is 5.48. The Balaban J connectivity index is 1.50. The van der Waals surface area contributed by atoms with Crippen LogP contribution in [0, 0.1) is 0 Å². The fourth-order valence-corrected chi connectivity index (χ4v) is 7.20. The molecule has 1 amide bonds. The second-order valence-electron chi connectivity index (χ2n) is 10.2. The lowest BCUT2D eigenvalue weighted by Gasteiger charge is -2.36. The van der Waals surface area contributed by atoms with Crippen molar-refractivity contribution >= 4 is 38.1 Å². The minimum absolute atomic E-state index is 0.0109. The molecule has 0 radical (unpaired) electrons. The third-order valence-corrected chi connectivity index (χ3v) is 9.56. The monoisotopic (exact) mass is 506 g/mol. The highest BCUT2D eigenvalue weighted by atomic mass is 32.2. The summed E-state index contributed by atoms with van der Waals surface area (Å²) in [7, 11) is 3.99. The topological polar surface area (TPSA) is 64.2 Å². The highest BCUT2D eigenvalue weighted by Gasteiger charge is 2.42. The van der Waals surface area contributed by atoms with Crippen molar-refractivity contribution < 1.29 is 13.2 Å². The number of para-hydroxylation sites is 1. The molecule has 0 bridgehead atoms. The van der Waals surface area contributed by atoms with Gasteiger partial charge in [0, 0.05) is 38.3 Å². The number of likely N-dealkylation sites (N-methyl/N-ethyl adjacent to an activating group) is 1. The number of rotatable bonds is 5. The van der Waals surface area contributed by atoms with Crippen LogP contribution in [0.15, 0.2) is 65.6 Å². The van der Waals surface area contributed by atoms with E-state index in [0.29, 0.717) is 11.1 Å². The second kappa shape index (κ2) is 9.41. The normalized spacial score (nSPS) is 18.9. The van der Waals surface area contributed by atoms with Gasteiger partial charge in [-0.05, 0) is 68.2 Å². The van der Waals surface area contributed by atoms with Crippen LogP contribution in [-0.4, -0.2) is 78.0 Å². The van der Waals surface area contributed by atoms with E-state index in [9.17, 15) is 13.2 Å². The van der Waals surface area contributed by atoms with Gasteiger partial charge in [-0.3, -0.25) is 9.10 Å². The Labute approximate surface area is 213 Å². The molecule has 8 heteroatoms. The average molecular weight is 507 g/mol. The van der Waals surface area contributed by atoms with Crippen molar-refractivity contribution in [2.24, 2.45) is 0 Å². The lowest BCUT2D eigenvalue weighted by molar-refractivity contribution is -0.134. The molecule has 3 aromatic rings. The van der Waals surface area contributed by atoms with E-state index >= 15 is 0 Å². The Hall–Kier alpha value is -3.10. The predicted molar refractivity (Wildman–Crippen MR) is 145 cm³/mol. The molecule has 2 aliphatic rings. The zero-order valence-corrected chi connectivity index (χ0v) is 22.2. The first-order valence-electron chi connectivity index (χ1n) is 12.5. The quantitative estimate of drug-likeness (QED) is 0.527. The summed E-state index contributed by atoms with van der Waals surface area (Å²) in [6.07, 6.45) is 1.86. The van der Waals surface area contributed by atoms with Gasteiger partial charge in [-0.1, -0.05) is 36.4 Å². The predicted octanol–water partition coefficient (Wildman–Crippen LogP) is 3.75. The number of amides is 1. The summed E-state index contributed by atoms with van der Waals surface area (Å²) in [5.41, 5.74) is 2.38. The van der Waals surface area contributed by atoms with Gasteiger partial charge in [-0.25, -0.2) is 8.42 Å². The zero-order chi connectivity index (χ0) is 25.6. The van der Waals surface area contributed by atoms with Crippen LogP contribution in [0.25, 0.3) is 10.8 Å². The highest BCUT2D eigenvalue weighted by molar-refractivity contribution is 7.93. The van der Waals surface area contributed by atoms with Crippen LogP contribution in [0.5, 0.6) is 0 Å². The van der Waals surface area contributed by atoms with Gasteiger partial charge in [0.1, 0.15) is 0 Å². The van der Waals surface area contributed by atoms with Gasteiger partial charge in [0.25, 0.3) is 10.0 Å². The molecule has 1 unspecified atom stereocenters. The summed E-state index contributed by atoms with van der Waals surface area (Å²) in [5, 5.41) is 1.54. The maximum atomic E-state index is 14.1. The third-order valence-electron chi connectivity index (χ3n) is 7.72. The summed E-state index contributed by atoms with van der Waals surface area (Å²) >= 11 is 0. The van der Waals surface area contributed by atoms with Gasteiger partial charge in [0.2, 0.25) is 5.91 Å². The van der Waals surface area contributed by atoms with Crippen LogP contribution in [0.4, 0.5) is 11.4 Å². The van der Waals surface area contributed by atoms with Gasteiger partial charge < -0.3 is 14.7 Å². The first-order valence-corrected chi connectivity index (χ1v) is 13.9. The number of piperidine rings is 1. The Bertz CT molecular complexity index is 1400. The lowest BCUT2D eigenvalue weighted by atomic mass is 9.97. The van der Waals surface area contributed by atoms with Crippen molar-refractivity contribution in [3.8, 4) is 0 Å². The Morgan fingerprint density at radius 3 is 2.39 bits per heavy atom. The second-order valence-corrected chi connectivity index (χ2v) is 12.0. The molecule has 7 nitrogen and oxygen atoms in total. The van der Waals surface area contributed by atoms with Crippen molar-refractivity contribution in [3.63, 3.8) is 0 Å². The maximum absolute atomic E-state index is 14.1. The van der Waals surface area contributed by atoms with Crippen molar-refractivity contribution in [3.05, 3.63) is 66.2 Å². The molecule has 3 aromatic carbocycles. The van der Waals surface area contributed by atoms with Crippen LogP contribution >= 0.6 is 0 Å². The van der Waals surface area contributed by atoms with Crippen molar-refractivity contribution in [1.29, 1.82) is 0 Å². The van der Waals surface area contributed by atoms with Crippen LogP contribution in [0.3, 0.4) is 0 Å². The molecule has 2 aliphatic heterocycles. The molecule has 1 saturated heterocycles. The Morgan fingerprint density at radius 2 is 1.67 bits per heavy atom. The molecule has 0 N–H and O–H groups in total. The molecule has 1 atom stereocenters. The summed E-state index contributed by atoms with van der Waals surface area (Å²) in [5.74, 6) is -0.529. The third kappa shape index (κ3) is 4.22. The number of fused-ring (bicyclic) bond motifs is 2. The van der Waals surface area contributed by atoms with Crippen molar-refractivity contribution in [1.82, 2.24) is 9.80 Å². The standard InChI is InChI=1S/C28H34N4O3S/c1-29(2)22-12-13-23-20(18-22)8-7-11-27(23)36(34,35)32-19-25(24-9-5-6-10-26(24)32)28(33)31(4)21-14-16-30(3)17-15-21/h5-13,18,21,25H,14-17,19H2,1-4H3. The number of likely N-dealkylation sites (tertiary alicyclic amines) is 1. The summed E-state index contributed by atoms with van der Waals surface area (Å²) in [6, 6.07) is 18.8. The molecule has 0 aliphatic carbocycles. The van der Waals surface area contributed by atoms with Gasteiger partial charge >= 0.3 is 0 Å². The minimum Gasteiger partial charge on any atom is -0.378 e. The summed E-state index contributed by atoms with van der Waals surface area (Å²) in [6.45, 7) is 2.03. The number of hydrogen-bond donors (Lipinski definition) is 0. The van der Waals surface area contributed by atoms with Crippen LogP contribution in [0.1, 0.15) is 24.3 Å². The number of sulfonamides is 1. The molecule has 0 saturated carbocycles. The van der Waals surface area contributed by atoms with Gasteiger partial charge in [-0.2, -0.15) is 0 Å². The molecular formula is C28H34N4O3S. The van der Waals surface area contributed by atoms with E-state index in [0.717, 1.165) is 42.6 Å². The number of anilines is 2. The largest absolute Gasteiger partial charge is 0.378 e. The molecule has 1 fully saturated rings. The molecule has 2 heterocycles. The van der Waals surface area contributed by atoms with Crippen molar-refractivity contribution in [2.45, 2.75) is 29.7 Å². The van der Waals surface area contributed by atoms with Crippen LogP contribution in [-0.2, 0) is 14.8 Å². The van der Waals surface area contributed by atoms with E-state index in [1.807, 2.05) is 79.5 Å². The summed E-state index contributed by atoms with van der Waals surface area (Å²) in [4.78, 5) is 20.1. The number of nitrogens with zero attached hydrogens (tertiary/aromatic N) is 4. The molecule has 190 valence electrons. The number of carbonyl (C=O) groups is 1. The van der Waals surface area contributed by atoms with Crippen LogP contribution < -0.4 is 9.21 Å². The van der Waals surface area contributed by atoms with Gasteiger partial charge in [0.15, 0.2) is 0 Å². The van der Waals surface area contributed by atoms with E-state index in [1.165, 1.54) is 4.31 Å². The molecule has 5 rings (SSSR count). The van der Waals surface area contributed by atoms with Gasteiger partial charge in [0.05, 0.1) is 23.0 Å². The molecule has 0 aromatic heterocycles. The average Bonchev–Trinajstić information content (AvgIpc) is 3.28. The van der Waals surface area contributed by atoms with E-state index in [2.05, 4.69) is 11.9 Å². The first-order chi connectivity index (χ1) is 17.2.